The third-order valence-electron chi connectivity index (χ3n) is 5.17. The molecule has 1 saturated heterocycles. The number of rotatable bonds is 9. The number of halogens is 1. The van der Waals surface area contributed by atoms with Crippen LogP contribution in [0.1, 0.15) is 58.6 Å². The van der Waals surface area contributed by atoms with E-state index < -0.39 is 0 Å². The van der Waals surface area contributed by atoms with Crippen molar-refractivity contribution in [1.29, 1.82) is 0 Å². The van der Waals surface area contributed by atoms with Gasteiger partial charge in [-0.05, 0) is 44.6 Å². The van der Waals surface area contributed by atoms with Crippen LogP contribution in [0.3, 0.4) is 0 Å². The maximum Gasteiger partial charge on any atom is 0.191 e. The Balaban J connectivity index is 0.00000392. The van der Waals surface area contributed by atoms with E-state index in [1.165, 1.54) is 5.56 Å². The van der Waals surface area contributed by atoms with Gasteiger partial charge in [0, 0.05) is 37.9 Å². The Kier molecular flexibility index (Phi) is 12.0. The Labute approximate surface area is 188 Å². The summed E-state index contributed by atoms with van der Waals surface area (Å²) in [6, 6.07) is 10.9. The van der Waals surface area contributed by atoms with Gasteiger partial charge in [0.2, 0.25) is 0 Å². The molecule has 1 atom stereocenters. The molecule has 0 spiro atoms. The first kappa shape index (κ1) is 25.2. The summed E-state index contributed by atoms with van der Waals surface area (Å²) in [4.78, 5) is 4.93. The van der Waals surface area contributed by atoms with Crippen molar-refractivity contribution >= 4 is 29.9 Å². The fourth-order valence-corrected chi connectivity index (χ4v) is 3.45. The highest BCUT2D eigenvalue weighted by Crippen LogP contribution is 2.26. The molecule has 0 radical (unpaired) electrons. The van der Waals surface area contributed by atoms with Crippen LogP contribution < -0.4 is 16.0 Å². The zero-order valence-electron chi connectivity index (χ0n) is 18.0. The number of guanidine groups is 1. The fourth-order valence-electron chi connectivity index (χ4n) is 3.45. The summed E-state index contributed by atoms with van der Waals surface area (Å²) in [7, 11) is 0. The number of nitrogens with zero attached hydrogens (tertiary/aromatic N) is 1. The van der Waals surface area contributed by atoms with Crippen LogP contribution in [0.5, 0.6) is 0 Å². The molecule has 1 aromatic carbocycles. The second-order valence-corrected chi connectivity index (χ2v) is 7.97. The van der Waals surface area contributed by atoms with E-state index in [1.807, 2.05) is 0 Å². The zero-order valence-corrected chi connectivity index (χ0v) is 20.3. The zero-order chi connectivity index (χ0) is 19.5. The highest BCUT2D eigenvalue weighted by atomic mass is 127. The van der Waals surface area contributed by atoms with Gasteiger partial charge in [-0.1, -0.05) is 44.2 Å². The highest BCUT2D eigenvalue weighted by molar-refractivity contribution is 14.0. The Hall–Kier alpha value is -0.860. The fraction of sp³-hybridized carbons (Fsp3) is 0.682. The van der Waals surface area contributed by atoms with Crippen molar-refractivity contribution in [3.8, 4) is 0 Å². The van der Waals surface area contributed by atoms with Gasteiger partial charge in [-0.2, -0.15) is 0 Å². The van der Waals surface area contributed by atoms with E-state index in [9.17, 15) is 0 Å². The minimum atomic E-state index is -0.0199. The van der Waals surface area contributed by atoms with Gasteiger partial charge >= 0.3 is 0 Å². The van der Waals surface area contributed by atoms with Gasteiger partial charge in [0.15, 0.2) is 5.96 Å². The molecule has 1 heterocycles. The molecule has 1 aliphatic heterocycles. The van der Waals surface area contributed by atoms with Gasteiger partial charge in [-0.15, -0.1) is 24.0 Å². The van der Waals surface area contributed by atoms with Gasteiger partial charge in [0.05, 0.1) is 6.54 Å². The topological polar surface area (TPSA) is 57.7 Å². The van der Waals surface area contributed by atoms with E-state index in [2.05, 4.69) is 74.0 Å². The van der Waals surface area contributed by atoms with Gasteiger partial charge in [-0.25, -0.2) is 0 Å². The summed E-state index contributed by atoms with van der Waals surface area (Å²) < 4.78 is 5.64. The molecule has 1 aromatic rings. The normalized spacial score (nSPS) is 17.7. The number of nitrogens with one attached hydrogen (secondary N) is 3. The number of benzene rings is 1. The van der Waals surface area contributed by atoms with E-state index in [-0.39, 0.29) is 35.6 Å². The molecule has 5 nitrogen and oxygen atoms in total. The average molecular weight is 502 g/mol. The number of ether oxygens (including phenoxy) is 1. The molecule has 3 N–H and O–H groups in total. The first-order valence-corrected chi connectivity index (χ1v) is 10.5. The monoisotopic (exact) mass is 502 g/mol. The Morgan fingerprint density at radius 3 is 2.39 bits per heavy atom. The predicted molar refractivity (Wildman–Crippen MR) is 130 cm³/mol. The van der Waals surface area contributed by atoms with Crippen molar-refractivity contribution < 1.29 is 4.74 Å². The lowest BCUT2D eigenvalue weighted by molar-refractivity contribution is 0.0374. The molecule has 1 aliphatic rings. The second-order valence-electron chi connectivity index (χ2n) is 7.97. The number of hydrogen-bond acceptors (Lipinski definition) is 3. The van der Waals surface area contributed by atoms with Crippen LogP contribution in [0.2, 0.25) is 0 Å². The summed E-state index contributed by atoms with van der Waals surface area (Å²) in [6.45, 7) is 13.0. The first-order chi connectivity index (χ1) is 13.0. The largest absolute Gasteiger partial charge is 0.381 e. The molecule has 0 bridgehead atoms. The van der Waals surface area contributed by atoms with Crippen LogP contribution in [-0.4, -0.2) is 44.3 Å². The standard InChI is InChI=1S/C22H38N4O.HI/c1-5-23-21(24-14-11-18(2)3)25-17-22(12-15-27-16-13-22)26-19(4)20-9-7-6-8-10-20;/h6-10,18-19,26H,5,11-17H2,1-4H3,(H2,23,24,25);1H. The van der Waals surface area contributed by atoms with E-state index in [0.717, 1.165) is 58.1 Å². The molecule has 0 aromatic heterocycles. The molecule has 0 saturated carbocycles. The summed E-state index contributed by atoms with van der Waals surface area (Å²) in [5.74, 6) is 1.61. The molecule has 160 valence electrons. The van der Waals surface area contributed by atoms with Crippen molar-refractivity contribution in [2.24, 2.45) is 10.9 Å². The summed E-state index contributed by atoms with van der Waals surface area (Å²) in [6.07, 6.45) is 3.12. The molecular formula is C22H39IN4O. The lowest BCUT2D eigenvalue weighted by atomic mass is 9.88. The average Bonchev–Trinajstić information content (AvgIpc) is 2.67. The number of aliphatic imine (C=N–C) groups is 1. The lowest BCUT2D eigenvalue weighted by Gasteiger charge is -2.39. The van der Waals surface area contributed by atoms with Crippen molar-refractivity contribution in [3.05, 3.63) is 35.9 Å². The van der Waals surface area contributed by atoms with Crippen LogP contribution in [0.15, 0.2) is 35.3 Å². The number of hydrogen-bond donors (Lipinski definition) is 3. The third kappa shape index (κ3) is 8.66. The summed E-state index contributed by atoms with van der Waals surface area (Å²) in [5, 5.41) is 10.7. The van der Waals surface area contributed by atoms with Crippen molar-refractivity contribution in [1.82, 2.24) is 16.0 Å². The SMILES string of the molecule is CCNC(=NCC1(NC(C)c2ccccc2)CCOCC1)NCCC(C)C.I. The Bertz CT molecular complexity index is 559. The summed E-state index contributed by atoms with van der Waals surface area (Å²) in [5.41, 5.74) is 1.29. The third-order valence-corrected chi connectivity index (χ3v) is 5.17. The summed E-state index contributed by atoms with van der Waals surface area (Å²) >= 11 is 0. The Morgan fingerprint density at radius 1 is 1.11 bits per heavy atom. The minimum absolute atomic E-state index is 0. The quantitative estimate of drug-likeness (QED) is 0.270. The smallest absolute Gasteiger partial charge is 0.191 e. The van der Waals surface area contributed by atoms with Gasteiger partial charge in [0.25, 0.3) is 0 Å². The maximum absolute atomic E-state index is 5.64. The predicted octanol–water partition coefficient (Wildman–Crippen LogP) is 4.11. The molecule has 1 fully saturated rings. The Morgan fingerprint density at radius 2 is 1.79 bits per heavy atom. The van der Waals surface area contributed by atoms with Crippen molar-refractivity contribution in [3.63, 3.8) is 0 Å². The van der Waals surface area contributed by atoms with Crippen LogP contribution in [-0.2, 0) is 4.74 Å². The van der Waals surface area contributed by atoms with E-state index in [4.69, 9.17) is 9.73 Å². The molecule has 6 heteroatoms. The molecule has 28 heavy (non-hydrogen) atoms. The molecule has 0 amide bonds. The second kappa shape index (κ2) is 13.4. The van der Waals surface area contributed by atoms with Gasteiger partial charge < -0.3 is 20.7 Å². The highest BCUT2D eigenvalue weighted by Gasteiger charge is 2.34. The first-order valence-electron chi connectivity index (χ1n) is 10.5. The van der Waals surface area contributed by atoms with Crippen molar-refractivity contribution in [2.75, 3.05) is 32.8 Å². The van der Waals surface area contributed by atoms with E-state index >= 15 is 0 Å². The van der Waals surface area contributed by atoms with Gasteiger partial charge in [-0.3, -0.25) is 4.99 Å². The van der Waals surface area contributed by atoms with E-state index in [0.29, 0.717) is 5.92 Å². The van der Waals surface area contributed by atoms with Crippen LogP contribution in [0, 0.1) is 5.92 Å². The molecule has 1 unspecified atom stereocenters. The van der Waals surface area contributed by atoms with Crippen molar-refractivity contribution in [2.45, 2.75) is 58.5 Å². The van der Waals surface area contributed by atoms with Crippen LogP contribution in [0.25, 0.3) is 0 Å². The van der Waals surface area contributed by atoms with Crippen LogP contribution >= 0.6 is 24.0 Å². The minimum Gasteiger partial charge on any atom is -0.381 e. The maximum atomic E-state index is 5.64. The molecular weight excluding hydrogens is 463 g/mol. The van der Waals surface area contributed by atoms with Crippen LogP contribution in [0.4, 0.5) is 0 Å². The van der Waals surface area contributed by atoms with Gasteiger partial charge in [0.1, 0.15) is 0 Å². The van der Waals surface area contributed by atoms with E-state index in [1.54, 1.807) is 0 Å². The lowest BCUT2D eigenvalue weighted by Crippen LogP contribution is -2.53. The molecule has 0 aliphatic carbocycles. The molecule has 2 rings (SSSR count).